The highest BCUT2D eigenvalue weighted by Crippen LogP contribution is 2.33. The Morgan fingerprint density at radius 3 is 2.21 bits per heavy atom. The number of nitrogens with two attached hydrogens (primary N) is 1. The zero-order valence-corrected chi connectivity index (χ0v) is 10.6. The van der Waals surface area contributed by atoms with E-state index in [1.165, 1.54) is 12.1 Å². The summed E-state index contributed by atoms with van der Waals surface area (Å²) in [6, 6.07) is 4.54. The molecule has 1 saturated carbocycles. The first kappa shape index (κ1) is 13.9. The maximum absolute atomic E-state index is 12.3. The molecular formula is C11H12F2N2O3S. The van der Waals surface area contributed by atoms with Crippen LogP contribution in [0, 0.1) is 0 Å². The van der Waals surface area contributed by atoms with Gasteiger partial charge in [0.2, 0.25) is 15.7 Å². The summed E-state index contributed by atoms with van der Waals surface area (Å²) >= 11 is 0. The zero-order chi connectivity index (χ0) is 14.3. The van der Waals surface area contributed by atoms with Crippen LogP contribution in [0.2, 0.25) is 0 Å². The fourth-order valence-electron chi connectivity index (χ4n) is 1.45. The van der Waals surface area contributed by atoms with Gasteiger partial charge in [0.1, 0.15) is 0 Å². The molecule has 0 radical (unpaired) electrons. The van der Waals surface area contributed by atoms with Crippen LogP contribution in [0.4, 0.5) is 14.5 Å². The molecule has 1 aromatic rings. The van der Waals surface area contributed by atoms with E-state index in [4.69, 9.17) is 5.73 Å². The van der Waals surface area contributed by atoms with Crippen LogP contribution < -0.4 is 11.1 Å². The lowest BCUT2D eigenvalue weighted by atomic mass is 10.2. The number of alkyl halides is 2. The van der Waals surface area contributed by atoms with Gasteiger partial charge in [-0.3, -0.25) is 4.79 Å². The van der Waals surface area contributed by atoms with Crippen LogP contribution in [-0.4, -0.2) is 25.6 Å². The Kier molecular flexibility index (Phi) is 3.31. The summed E-state index contributed by atoms with van der Waals surface area (Å²) in [5.74, 6) is -3.83. The normalized spacial score (nSPS) is 17.3. The molecule has 19 heavy (non-hydrogen) atoms. The molecule has 1 aliphatic rings. The maximum Gasteiger partial charge on any atom is 0.341 e. The number of amides is 1. The molecule has 0 bridgehead atoms. The summed E-state index contributed by atoms with van der Waals surface area (Å²) in [6.07, 6.45) is 1.19. The molecule has 104 valence electrons. The van der Waals surface area contributed by atoms with E-state index in [1.807, 2.05) is 0 Å². The van der Waals surface area contributed by atoms with Gasteiger partial charge in [0.25, 0.3) is 0 Å². The van der Waals surface area contributed by atoms with Crippen molar-refractivity contribution in [1.29, 1.82) is 0 Å². The SMILES string of the molecule is NC1(C(=O)Nc2ccc(S(=O)(=O)C(F)F)cc2)CC1. The maximum atomic E-state index is 12.3. The Balaban J connectivity index is 2.13. The molecule has 1 aliphatic carbocycles. The summed E-state index contributed by atoms with van der Waals surface area (Å²) < 4.78 is 47.0. The monoisotopic (exact) mass is 290 g/mol. The van der Waals surface area contributed by atoms with Crippen molar-refractivity contribution < 1.29 is 22.0 Å². The number of sulfone groups is 1. The van der Waals surface area contributed by atoms with Gasteiger partial charge >= 0.3 is 5.76 Å². The van der Waals surface area contributed by atoms with Crippen molar-refractivity contribution in [3.05, 3.63) is 24.3 Å². The molecule has 0 atom stereocenters. The Bertz CT molecular complexity index is 595. The van der Waals surface area contributed by atoms with Crippen LogP contribution in [0.15, 0.2) is 29.2 Å². The number of halogens is 2. The predicted molar refractivity (Wildman–Crippen MR) is 64.4 cm³/mol. The second-order valence-electron chi connectivity index (χ2n) is 4.44. The first-order valence-corrected chi connectivity index (χ1v) is 7.03. The Morgan fingerprint density at radius 2 is 1.79 bits per heavy atom. The fraction of sp³-hybridized carbons (Fsp3) is 0.364. The molecule has 0 spiro atoms. The lowest BCUT2D eigenvalue weighted by molar-refractivity contribution is -0.118. The van der Waals surface area contributed by atoms with Crippen LogP contribution >= 0.6 is 0 Å². The summed E-state index contributed by atoms with van der Waals surface area (Å²) in [7, 11) is -4.61. The third-order valence-electron chi connectivity index (χ3n) is 2.92. The van der Waals surface area contributed by atoms with E-state index in [1.54, 1.807) is 0 Å². The van der Waals surface area contributed by atoms with Crippen LogP contribution in [-0.2, 0) is 14.6 Å². The van der Waals surface area contributed by atoms with Gasteiger partial charge < -0.3 is 11.1 Å². The summed E-state index contributed by atoms with van der Waals surface area (Å²) in [5.41, 5.74) is 5.13. The molecule has 2 rings (SSSR count). The molecule has 5 nitrogen and oxygen atoms in total. The van der Waals surface area contributed by atoms with Gasteiger partial charge in [0, 0.05) is 5.69 Å². The van der Waals surface area contributed by atoms with Gasteiger partial charge in [-0.2, -0.15) is 8.78 Å². The molecule has 0 aliphatic heterocycles. The van der Waals surface area contributed by atoms with Crippen molar-refractivity contribution in [1.82, 2.24) is 0 Å². The number of hydrogen-bond acceptors (Lipinski definition) is 4. The van der Waals surface area contributed by atoms with Crippen molar-refractivity contribution in [2.45, 2.75) is 29.0 Å². The molecule has 3 N–H and O–H groups in total. The summed E-state index contributed by atoms with van der Waals surface area (Å²) in [5, 5.41) is 2.51. The molecule has 0 unspecified atom stereocenters. The quantitative estimate of drug-likeness (QED) is 0.869. The van der Waals surface area contributed by atoms with E-state index in [0.29, 0.717) is 18.5 Å². The smallest absolute Gasteiger partial charge is 0.324 e. The van der Waals surface area contributed by atoms with Crippen LogP contribution in [0.1, 0.15) is 12.8 Å². The molecule has 0 saturated heterocycles. The lowest BCUT2D eigenvalue weighted by Crippen LogP contribution is -2.37. The van der Waals surface area contributed by atoms with E-state index in [0.717, 1.165) is 12.1 Å². The first-order valence-electron chi connectivity index (χ1n) is 5.48. The van der Waals surface area contributed by atoms with Crippen LogP contribution in [0.3, 0.4) is 0 Å². The van der Waals surface area contributed by atoms with E-state index in [-0.39, 0.29) is 5.91 Å². The van der Waals surface area contributed by atoms with E-state index in [2.05, 4.69) is 5.32 Å². The highest BCUT2D eigenvalue weighted by molar-refractivity contribution is 7.91. The van der Waals surface area contributed by atoms with Crippen molar-refractivity contribution in [3.8, 4) is 0 Å². The number of benzene rings is 1. The van der Waals surface area contributed by atoms with Gasteiger partial charge in [-0.1, -0.05) is 0 Å². The molecule has 1 fully saturated rings. The topological polar surface area (TPSA) is 89.3 Å². The fourth-order valence-corrected chi connectivity index (χ4v) is 2.17. The highest BCUT2D eigenvalue weighted by Gasteiger charge is 2.45. The van der Waals surface area contributed by atoms with Gasteiger partial charge in [-0.15, -0.1) is 0 Å². The largest absolute Gasteiger partial charge is 0.341 e. The minimum absolute atomic E-state index is 0.315. The van der Waals surface area contributed by atoms with Gasteiger partial charge in [-0.05, 0) is 37.1 Å². The predicted octanol–water partition coefficient (Wildman–Crippen LogP) is 1.11. The molecule has 0 heterocycles. The van der Waals surface area contributed by atoms with Crippen molar-refractivity contribution in [2.75, 3.05) is 5.32 Å². The van der Waals surface area contributed by atoms with Crippen LogP contribution in [0.5, 0.6) is 0 Å². The molecule has 8 heteroatoms. The third kappa shape index (κ3) is 2.74. The first-order chi connectivity index (χ1) is 8.75. The molecule has 0 aromatic heterocycles. The Labute approximate surface area is 108 Å². The van der Waals surface area contributed by atoms with Crippen molar-refractivity contribution in [3.63, 3.8) is 0 Å². The summed E-state index contributed by atoms with van der Waals surface area (Å²) in [6.45, 7) is 0. The second kappa shape index (κ2) is 4.53. The van der Waals surface area contributed by atoms with Gasteiger partial charge in [0.05, 0.1) is 10.4 Å². The van der Waals surface area contributed by atoms with Gasteiger partial charge in [0.15, 0.2) is 0 Å². The Hall–Kier alpha value is -1.54. The van der Waals surface area contributed by atoms with Gasteiger partial charge in [-0.25, -0.2) is 8.42 Å². The third-order valence-corrected chi connectivity index (χ3v) is 4.31. The average Bonchev–Trinajstić information content (AvgIpc) is 3.09. The van der Waals surface area contributed by atoms with Crippen molar-refractivity contribution in [2.24, 2.45) is 5.73 Å². The number of hydrogen-bond donors (Lipinski definition) is 2. The highest BCUT2D eigenvalue weighted by atomic mass is 32.2. The van der Waals surface area contributed by atoms with E-state index in [9.17, 15) is 22.0 Å². The number of nitrogens with one attached hydrogen (secondary N) is 1. The van der Waals surface area contributed by atoms with E-state index >= 15 is 0 Å². The molecule has 1 amide bonds. The number of carbonyl (C=O) groups is 1. The molecular weight excluding hydrogens is 278 g/mol. The Morgan fingerprint density at radius 1 is 1.26 bits per heavy atom. The zero-order valence-electron chi connectivity index (χ0n) is 9.77. The number of anilines is 1. The lowest BCUT2D eigenvalue weighted by Gasteiger charge is -2.10. The van der Waals surface area contributed by atoms with Crippen molar-refractivity contribution >= 4 is 21.4 Å². The number of carbonyl (C=O) groups excluding carboxylic acids is 1. The second-order valence-corrected chi connectivity index (χ2v) is 6.36. The standard InChI is InChI=1S/C11H12F2N2O3S/c12-10(13)19(17,18)8-3-1-7(2-4-8)15-9(16)11(14)5-6-11/h1-4,10H,5-6,14H2,(H,15,16). The van der Waals surface area contributed by atoms with E-state index < -0.39 is 26.0 Å². The minimum Gasteiger partial charge on any atom is -0.324 e. The average molecular weight is 290 g/mol. The molecule has 1 aromatic carbocycles. The minimum atomic E-state index is -4.61. The number of rotatable bonds is 4. The van der Waals surface area contributed by atoms with Crippen LogP contribution in [0.25, 0.3) is 0 Å². The summed E-state index contributed by atoms with van der Waals surface area (Å²) in [4.78, 5) is 11.1.